The Morgan fingerprint density at radius 2 is 1.73 bits per heavy atom. The Bertz CT molecular complexity index is 778. The lowest BCUT2D eigenvalue weighted by Crippen LogP contribution is -2.23. The molecule has 0 aliphatic heterocycles. The average molecular weight is 388 g/mol. The van der Waals surface area contributed by atoms with Crippen molar-refractivity contribution in [3.05, 3.63) is 59.1 Å². The van der Waals surface area contributed by atoms with Crippen LogP contribution in [-0.4, -0.2) is 25.1 Å². The second-order valence-electron chi connectivity index (χ2n) is 5.03. The summed E-state index contributed by atoms with van der Waals surface area (Å²) in [4.78, 5) is 23.2. The molecule has 138 valence electrons. The number of carbonyl (C=O) groups is 2. The van der Waals surface area contributed by atoms with E-state index in [-0.39, 0.29) is 5.75 Å². The highest BCUT2D eigenvalue weighted by atomic mass is 35.5. The van der Waals surface area contributed by atoms with Crippen molar-refractivity contribution in [2.24, 2.45) is 0 Å². The molecular weight excluding hydrogens is 375 g/mol. The summed E-state index contributed by atoms with van der Waals surface area (Å²) in [5.41, 5.74) is -0.429. The van der Waals surface area contributed by atoms with Crippen molar-refractivity contribution in [3.8, 4) is 5.75 Å². The van der Waals surface area contributed by atoms with E-state index in [9.17, 15) is 22.8 Å². The van der Waals surface area contributed by atoms with Crippen LogP contribution in [0.2, 0.25) is 5.02 Å². The first kappa shape index (κ1) is 19.6. The van der Waals surface area contributed by atoms with Crippen molar-refractivity contribution < 1.29 is 32.2 Å². The van der Waals surface area contributed by atoms with Gasteiger partial charge in [-0.15, -0.1) is 0 Å². The summed E-state index contributed by atoms with van der Waals surface area (Å²) >= 11 is 5.71. The maximum Gasteiger partial charge on any atom is 0.416 e. The molecule has 0 saturated heterocycles. The van der Waals surface area contributed by atoms with E-state index < -0.39 is 36.8 Å². The Labute approximate surface area is 151 Å². The van der Waals surface area contributed by atoms with E-state index in [4.69, 9.17) is 21.1 Å². The van der Waals surface area contributed by atoms with Crippen molar-refractivity contribution in [2.75, 3.05) is 18.5 Å². The van der Waals surface area contributed by atoms with Crippen LogP contribution in [0.4, 0.5) is 18.9 Å². The zero-order chi connectivity index (χ0) is 19.2. The zero-order valence-corrected chi connectivity index (χ0v) is 13.9. The van der Waals surface area contributed by atoms with Gasteiger partial charge in [-0.25, -0.2) is 4.79 Å². The fraction of sp³-hybridized carbons (Fsp3) is 0.176. The third-order valence-corrected chi connectivity index (χ3v) is 3.26. The van der Waals surface area contributed by atoms with Gasteiger partial charge in [0.05, 0.1) is 5.56 Å². The van der Waals surface area contributed by atoms with Crippen molar-refractivity contribution in [3.63, 3.8) is 0 Å². The fourth-order valence-electron chi connectivity index (χ4n) is 1.82. The van der Waals surface area contributed by atoms with Gasteiger partial charge < -0.3 is 14.8 Å². The summed E-state index contributed by atoms with van der Waals surface area (Å²) in [7, 11) is 0. The molecule has 1 N–H and O–H groups in total. The number of alkyl halides is 3. The van der Waals surface area contributed by atoms with Crippen LogP contribution < -0.4 is 10.1 Å². The van der Waals surface area contributed by atoms with Gasteiger partial charge in [0.2, 0.25) is 0 Å². The number of anilines is 1. The monoisotopic (exact) mass is 387 g/mol. The van der Waals surface area contributed by atoms with Gasteiger partial charge in [-0.05, 0) is 42.5 Å². The van der Waals surface area contributed by atoms with E-state index in [0.717, 1.165) is 18.2 Å². The number of ether oxygens (including phenoxy) is 2. The van der Waals surface area contributed by atoms with E-state index in [2.05, 4.69) is 5.32 Å². The van der Waals surface area contributed by atoms with E-state index >= 15 is 0 Å². The van der Waals surface area contributed by atoms with Crippen LogP contribution in [0.3, 0.4) is 0 Å². The highest BCUT2D eigenvalue weighted by Crippen LogP contribution is 2.31. The summed E-state index contributed by atoms with van der Waals surface area (Å²) in [6.07, 6.45) is -4.51. The quantitative estimate of drug-likeness (QED) is 0.763. The molecule has 9 heteroatoms. The second-order valence-corrected chi connectivity index (χ2v) is 5.47. The molecule has 0 heterocycles. The molecule has 0 aliphatic rings. The number of amides is 1. The first-order valence-corrected chi connectivity index (χ1v) is 7.63. The molecule has 2 rings (SSSR count). The predicted octanol–water partition coefficient (Wildman–Crippen LogP) is 3.92. The van der Waals surface area contributed by atoms with Crippen LogP contribution >= 0.6 is 11.6 Å². The molecule has 0 spiro atoms. The molecule has 2 aromatic rings. The molecule has 0 radical (unpaired) electrons. The molecule has 26 heavy (non-hydrogen) atoms. The fourth-order valence-corrected chi connectivity index (χ4v) is 1.95. The number of rotatable bonds is 6. The third kappa shape index (κ3) is 6.29. The smallest absolute Gasteiger partial charge is 0.416 e. The largest absolute Gasteiger partial charge is 0.482 e. The van der Waals surface area contributed by atoms with E-state index in [1.807, 2.05) is 0 Å². The number of carbonyl (C=O) groups excluding carboxylic acids is 2. The molecule has 0 bridgehead atoms. The number of benzene rings is 2. The second kappa shape index (κ2) is 8.57. The minimum Gasteiger partial charge on any atom is -0.482 e. The Kier molecular flexibility index (Phi) is 6.46. The predicted molar refractivity (Wildman–Crippen MR) is 88.0 cm³/mol. The first-order chi connectivity index (χ1) is 12.2. The maximum atomic E-state index is 12.6. The van der Waals surface area contributed by atoms with Crippen molar-refractivity contribution in [1.29, 1.82) is 0 Å². The summed E-state index contributed by atoms with van der Waals surface area (Å²) in [5, 5.41) is 2.98. The van der Waals surface area contributed by atoms with Crippen LogP contribution in [0.25, 0.3) is 0 Å². The minimum absolute atomic E-state index is 0.137. The van der Waals surface area contributed by atoms with E-state index in [1.165, 1.54) is 6.07 Å². The van der Waals surface area contributed by atoms with Crippen LogP contribution in [0.5, 0.6) is 5.75 Å². The molecule has 0 unspecified atom stereocenters. The third-order valence-electron chi connectivity index (χ3n) is 3.01. The topological polar surface area (TPSA) is 64.6 Å². The Morgan fingerprint density at radius 3 is 2.38 bits per heavy atom. The lowest BCUT2D eigenvalue weighted by molar-refractivity contribution is -0.149. The van der Waals surface area contributed by atoms with Crippen molar-refractivity contribution in [1.82, 2.24) is 0 Å². The molecule has 0 saturated carbocycles. The van der Waals surface area contributed by atoms with E-state index in [1.54, 1.807) is 24.3 Å². The van der Waals surface area contributed by atoms with Gasteiger partial charge >= 0.3 is 12.1 Å². The lowest BCUT2D eigenvalue weighted by Gasteiger charge is -2.10. The van der Waals surface area contributed by atoms with Crippen molar-refractivity contribution >= 4 is 29.2 Å². The Hall–Kier alpha value is -2.74. The van der Waals surface area contributed by atoms with Gasteiger partial charge in [-0.3, -0.25) is 4.79 Å². The van der Waals surface area contributed by atoms with Crippen LogP contribution in [0.15, 0.2) is 48.5 Å². The minimum atomic E-state index is -4.51. The molecule has 0 fully saturated rings. The van der Waals surface area contributed by atoms with Gasteiger partial charge in [-0.2, -0.15) is 13.2 Å². The number of halogens is 4. The number of nitrogens with one attached hydrogen (secondary N) is 1. The number of esters is 1. The van der Waals surface area contributed by atoms with Crippen molar-refractivity contribution in [2.45, 2.75) is 6.18 Å². The van der Waals surface area contributed by atoms with Crippen LogP contribution in [0.1, 0.15) is 5.56 Å². The normalized spacial score (nSPS) is 10.9. The molecule has 5 nitrogen and oxygen atoms in total. The summed E-state index contributed by atoms with van der Waals surface area (Å²) in [6, 6.07) is 10.4. The summed E-state index contributed by atoms with van der Waals surface area (Å²) in [5.74, 6) is -1.62. The number of hydrogen-bond acceptors (Lipinski definition) is 4. The molecular formula is C17H13ClF3NO4. The van der Waals surface area contributed by atoms with Crippen LogP contribution in [0, 0.1) is 0 Å². The van der Waals surface area contributed by atoms with E-state index in [0.29, 0.717) is 10.7 Å². The SMILES string of the molecule is O=C(COC(=O)COc1cccc(C(F)(F)F)c1)Nc1ccc(Cl)cc1. The van der Waals surface area contributed by atoms with Crippen LogP contribution in [-0.2, 0) is 20.5 Å². The Balaban J connectivity index is 1.77. The summed E-state index contributed by atoms with van der Waals surface area (Å²) < 4.78 is 47.4. The maximum absolute atomic E-state index is 12.6. The first-order valence-electron chi connectivity index (χ1n) is 7.25. The van der Waals surface area contributed by atoms with Gasteiger partial charge in [0, 0.05) is 10.7 Å². The standard InChI is InChI=1S/C17H13ClF3NO4/c18-12-4-6-13(7-5-12)22-15(23)9-26-16(24)10-25-14-3-1-2-11(8-14)17(19,20)21/h1-8H,9-10H2,(H,22,23). The van der Waals surface area contributed by atoms with Gasteiger partial charge in [0.25, 0.3) is 5.91 Å². The zero-order valence-electron chi connectivity index (χ0n) is 13.2. The number of hydrogen-bond donors (Lipinski definition) is 1. The summed E-state index contributed by atoms with van der Waals surface area (Å²) in [6.45, 7) is -1.19. The highest BCUT2D eigenvalue weighted by Gasteiger charge is 2.30. The molecule has 2 aromatic carbocycles. The van der Waals surface area contributed by atoms with Gasteiger partial charge in [0.1, 0.15) is 5.75 Å². The molecule has 0 aromatic heterocycles. The molecule has 1 amide bonds. The highest BCUT2D eigenvalue weighted by molar-refractivity contribution is 6.30. The lowest BCUT2D eigenvalue weighted by atomic mass is 10.2. The molecule has 0 aliphatic carbocycles. The Morgan fingerprint density at radius 1 is 1.04 bits per heavy atom. The average Bonchev–Trinajstić information content (AvgIpc) is 2.60. The van der Waals surface area contributed by atoms with Gasteiger partial charge in [0.15, 0.2) is 13.2 Å². The van der Waals surface area contributed by atoms with Gasteiger partial charge in [-0.1, -0.05) is 17.7 Å². The molecule has 0 atom stereocenters.